The van der Waals surface area contributed by atoms with Crippen LogP contribution in [0.1, 0.15) is 25.5 Å². The molecule has 1 atom stereocenters. The molecule has 1 aliphatic rings. The second-order valence-corrected chi connectivity index (χ2v) is 8.29. The van der Waals surface area contributed by atoms with Crippen molar-refractivity contribution < 1.29 is 19.0 Å². The predicted octanol–water partition coefficient (Wildman–Crippen LogP) is 4.20. The molecular weight excluding hydrogens is 411 g/mol. The second kappa shape index (κ2) is 7.43. The third-order valence-corrected chi connectivity index (χ3v) is 5.90. The number of methoxy groups -OCH3 is 1. The Bertz CT molecular complexity index is 1130. The molecule has 3 aromatic rings. The number of halogens is 2. The zero-order valence-corrected chi connectivity index (χ0v) is 17.7. The molecule has 1 aromatic carbocycles. The lowest BCUT2D eigenvalue weighted by atomic mass is 9.82. The molecule has 1 saturated heterocycles. The maximum Gasteiger partial charge on any atom is 0.311 e. The Balaban J connectivity index is 1.92. The fraction of sp³-hybridized carbons (Fsp3) is 0.381. The number of benzene rings is 1. The number of carbonyl (C=O) groups is 1. The summed E-state index contributed by atoms with van der Waals surface area (Å²) in [6, 6.07) is 6.73. The molecule has 158 valence electrons. The lowest BCUT2D eigenvalue weighted by Gasteiger charge is -2.39. The van der Waals surface area contributed by atoms with E-state index in [1.807, 2.05) is 4.90 Å². The van der Waals surface area contributed by atoms with Gasteiger partial charge in [0.15, 0.2) is 23.0 Å². The van der Waals surface area contributed by atoms with E-state index in [2.05, 4.69) is 10.1 Å². The molecule has 0 aliphatic carbocycles. The number of hydrogen-bond donors (Lipinski definition) is 1. The van der Waals surface area contributed by atoms with Crippen LogP contribution in [0.4, 0.5) is 10.2 Å². The van der Waals surface area contributed by atoms with Gasteiger partial charge in [0.1, 0.15) is 5.69 Å². The van der Waals surface area contributed by atoms with Gasteiger partial charge in [-0.1, -0.05) is 23.7 Å². The van der Waals surface area contributed by atoms with E-state index in [0.29, 0.717) is 47.2 Å². The summed E-state index contributed by atoms with van der Waals surface area (Å²) in [4.78, 5) is 18.1. The number of aromatic nitrogens is 3. The van der Waals surface area contributed by atoms with Crippen molar-refractivity contribution in [2.24, 2.45) is 5.41 Å². The first-order chi connectivity index (χ1) is 14.2. The van der Waals surface area contributed by atoms with Crippen molar-refractivity contribution in [2.75, 3.05) is 25.1 Å². The Labute approximate surface area is 178 Å². The van der Waals surface area contributed by atoms with Crippen molar-refractivity contribution >= 4 is 29.0 Å². The first-order valence-corrected chi connectivity index (χ1v) is 10.00. The first-order valence-electron chi connectivity index (χ1n) is 9.62. The molecule has 0 radical (unpaired) electrons. The number of hydrogen-bond acceptors (Lipinski definition) is 5. The average Bonchev–Trinajstić information content (AvgIpc) is 3.03. The van der Waals surface area contributed by atoms with Gasteiger partial charge in [0, 0.05) is 23.7 Å². The Morgan fingerprint density at radius 3 is 2.67 bits per heavy atom. The van der Waals surface area contributed by atoms with Gasteiger partial charge in [-0.05, 0) is 38.8 Å². The van der Waals surface area contributed by atoms with Crippen molar-refractivity contribution in [1.82, 2.24) is 14.6 Å². The van der Waals surface area contributed by atoms with E-state index >= 15 is 4.39 Å². The second-order valence-electron chi connectivity index (χ2n) is 7.85. The summed E-state index contributed by atoms with van der Waals surface area (Å²) in [6.45, 7) is 4.32. The zero-order valence-electron chi connectivity index (χ0n) is 16.9. The zero-order chi connectivity index (χ0) is 21.6. The molecule has 4 rings (SSSR count). The fourth-order valence-electron chi connectivity index (χ4n) is 4.01. The van der Waals surface area contributed by atoms with Gasteiger partial charge in [0.25, 0.3) is 0 Å². The summed E-state index contributed by atoms with van der Waals surface area (Å²) in [7, 11) is 1.51. The van der Waals surface area contributed by atoms with Gasteiger partial charge in [-0.15, -0.1) is 0 Å². The maximum atomic E-state index is 15.3. The molecule has 3 heterocycles. The number of anilines is 1. The number of ether oxygens (including phenoxy) is 1. The highest BCUT2D eigenvalue weighted by Crippen LogP contribution is 2.39. The molecule has 0 amide bonds. The molecule has 1 aliphatic heterocycles. The average molecular weight is 433 g/mol. The molecule has 7 nitrogen and oxygen atoms in total. The van der Waals surface area contributed by atoms with Crippen LogP contribution < -0.4 is 9.64 Å². The third kappa shape index (κ3) is 3.25. The number of carboxylic acid groups (broad SMARTS) is 1. The van der Waals surface area contributed by atoms with Gasteiger partial charge >= 0.3 is 5.97 Å². The fourth-order valence-corrected chi connectivity index (χ4v) is 4.13. The Kier molecular flexibility index (Phi) is 5.05. The van der Waals surface area contributed by atoms with Crippen molar-refractivity contribution in [3.8, 4) is 17.0 Å². The van der Waals surface area contributed by atoms with E-state index in [4.69, 9.17) is 16.3 Å². The van der Waals surface area contributed by atoms with E-state index in [9.17, 15) is 9.90 Å². The smallest absolute Gasteiger partial charge is 0.311 e. The van der Waals surface area contributed by atoms with Crippen LogP contribution >= 0.6 is 11.6 Å². The molecule has 1 fully saturated rings. The van der Waals surface area contributed by atoms with Crippen LogP contribution in [-0.4, -0.2) is 45.9 Å². The van der Waals surface area contributed by atoms with E-state index in [-0.39, 0.29) is 17.9 Å². The topological polar surface area (TPSA) is 80.0 Å². The Morgan fingerprint density at radius 1 is 1.33 bits per heavy atom. The molecular formula is C21H22ClFN4O3. The molecule has 2 aromatic heterocycles. The van der Waals surface area contributed by atoms with Crippen LogP contribution in [0.15, 0.2) is 24.3 Å². The van der Waals surface area contributed by atoms with Crippen LogP contribution in [0.2, 0.25) is 5.02 Å². The summed E-state index contributed by atoms with van der Waals surface area (Å²) in [5, 5.41) is 14.8. The molecule has 1 N–H and O–H groups in total. The summed E-state index contributed by atoms with van der Waals surface area (Å²) in [6.07, 6.45) is 1.25. The van der Waals surface area contributed by atoms with Crippen molar-refractivity contribution in [1.29, 1.82) is 0 Å². The van der Waals surface area contributed by atoms with Crippen molar-refractivity contribution in [3.05, 3.63) is 40.8 Å². The largest absolute Gasteiger partial charge is 0.491 e. The van der Waals surface area contributed by atoms with Crippen molar-refractivity contribution in [2.45, 2.75) is 26.7 Å². The lowest BCUT2D eigenvalue weighted by Crippen LogP contribution is -2.47. The summed E-state index contributed by atoms with van der Waals surface area (Å²) in [5.74, 6) is -0.461. The summed E-state index contributed by atoms with van der Waals surface area (Å²) < 4.78 is 22.3. The number of fused-ring (bicyclic) bond motifs is 1. The van der Waals surface area contributed by atoms with Gasteiger partial charge in [-0.2, -0.15) is 9.61 Å². The first kappa shape index (κ1) is 20.4. The monoisotopic (exact) mass is 432 g/mol. The number of carboxylic acids is 1. The standard InChI is InChI=1S/C21H22ClFN4O3/c1-12-17(30-3)19(26-10-4-9-21(2,11-26)20(28)29)27-18(24-12)15(23)16(25-27)13-5-7-14(22)8-6-13/h5-8H,4,9-11H2,1-3H3,(H,28,29). The van der Waals surface area contributed by atoms with Gasteiger partial charge in [0.2, 0.25) is 0 Å². The predicted molar refractivity (Wildman–Crippen MR) is 112 cm³/mol. The minimum absolute atomic E-state index is 0.0656. The molecule has 0 saturated carbocycles. The molecule has 1 unspecified atom stereocenters. The van der Waals surface area contributed by atoms with E-state index in [0.717, 1.165) is 0 Å². The van der Waals surface area contributed by atoms with E-state index in [1.165, 1.54) is 11.6 Å². The number of nitrogens with zero attached hydrogens (tertiary/aromatic N) is 4. The SMILES string of the molecule is COc1c(C)nc2c(F)c(-c3ccc(Cl)cc3)nn2c1N1CCCC(C)(C(=O)O)C1. The van der Waals surface area contributed by atoms with Crippen LogP contribution in [-0.2, 0) is 4.79 Å². The summed E-state index contributed by atoms with van der Waals surface area (Å²) in [5.41, 5.74) is 0.363. The van der Waals surface area contributed by atoms with Gasteiger partial charge in [-0.3, -0.25) is 4.79 Å². The molecule has 0 bridgehead atoms. The number of piperidine rings is 1. The maximum absolute atomic E-state index is 15.3. The molecule has 0 spiro atoms. The highest BCUT2D eigenvalue weighted by Gasteiger charge is 2.40. The quantitative estimate of drug-likeness (QED) is 0.665. The minimum atomic E-state index is -0.919. The van der Waals surface area contributed by atoms with E-state index < -0.39 is 17.2 Å². The number of aliphatic carboxylic acids is 1. The van der Waals surface area contributed by atoms with Gasteiger partial charge in [-0.25, -0.2) is 9.37 Å². The summed E-state index contributed by atoms with van der Waals surface area (Å²) >= 11 is 5.95. The molecule has 30 heavy (non-hydrogen) atoms. The lowest BCUT2D eigenvalue weighted by molar-refractivity contribution is -0.148. The van der Waals surface area contributed by atoms with Crippen molar-refractivity contribution in [3.63, 3.8) is 0 Å². The van der Waals surface area contributed by atoms with Gasteiger partial charge in [0.05, 0.1) is 18.2 Å². The van der Waals surface area contributed by atoms with Crippen LogP contribution in [0, 0.1) is 18.2 Å². The number of rotatable bonds is 4. The van der Waals surface area contributed by atoms with Crippen LogP contribution in [0.25, 0.3) is 16.9 Å². The van der Waals surface area contributed by atoms with Gasteiger partial charge < -0.3 is 14.7 Å². The highest BCUT2D eigenvalue weighted by molar-refractivity contribution is 6.30. The number of aryl methyl sites for hydroxylation is 1. The normalized spacial score (nSPS) is 19.3. The third-order valence-electron chi connectivity index (χ3n) is 5.64. The van der Waals surface area contributed by atoms with E-state index in [1.54, 1.807) is 38.1 Å². The van der Waals surface area contributed by atoms with Crippen LogP contribution in [0.5, 0.6) is 5.75 Å². The highest BCUT2D eigenvalue weighted by atomic mass is 35.5. The Morgan fingerprint density at radius 2 is 2.03 bits per heavy atom. The Hall–Kier alpha value is -2.87. The van der Waals surface area contributed by atoms with Crippen LogP contribution in [0.3, 0.4) is 0 Å². The minimum Gasteiger partial charge on any atom is -0.491 e. The molecule has 9 heteroatoms.